The van der Waals surface area contributed by atoms with Crippen LogP contribution in [-0.2, 0) is 0 Å². The summed E-state index contributed by atoms with van der Waals surface area (Å²) in [7, 11) is 0. The molecule has 0 saturated heterocycles. The molecule has 0 spiro atoms. The van der Waals surface area contributed by atoms with Gasteiger partial charge in [-0.1, -0.05) is 13.8 Å². The number of aromatic nitrogens is 3. The molecule has 98 valence electrons. The zero-order valence-corrected chi connectivity index (χ0v) is 18.6. The zero-order valence-electron chi connectivity index (χ0n) is 9.46. The monoisotopic (exact) mass is 685 g/mol. The van der Waals surface area contributed by atoms with Gasteiger partial charge in [0.05, 0.1) is 5.69 Å². The van der Waals surface area contributed by atoms with E-state index >= 15 is 0 Å². The van der Waals surface area contributed by atoms with Gasteiger partial charge < -0.3 is 0 Å². The Morgan fingerprint density at radius 2 is 2.00 bits per heavy atom. The van der Waals surface area contributed by atoms with E-state index in [0.29, 0.717) is 5.92 Å². The molecule has 0 bridgehead atoms. The van der Waals surface area contributed by atoms with Crippen LogP contribution >= 0.6 is 94.5 Å². The first-order valence-corrected chi connectivity index (χ1v) is 5.80. The smallest absolute Gasteiger partial charge is 0.156 e. The normalized spacial score (nSPS) is 11.0. The average molecular weight is 685 g/mol. The van der Waals surface area contributed by atoms with Crippen LogP contribution in [0.5, 0.6) is 0 Å². The summed E-state index contributed by atoms with van der Waals surface area (Å²) in [5.74, 6) is 0.509. The van der Waals surface area contributed by atoms with E-state index in [1.54, 1.807) is 0 Å². The second-order valence-corrected chi connectivity index (χ2v) is 4.54. The first-order valence-electron chi connectivity index (χ1n) is 4.72. The Hall–Kier alpha value is 1.54. The number of nitrogens with zero attached hydrogens (tertiary/aromatic N) is 3. The van der Waals surface area contributed by atoms with E-state index in [4.69, 9.17) is 0 Å². The molecular formula is C10H15I4N3. The molecule has 2 aromatic heterocycles. The number of hydrogen-bond acceptors (Lipinski definition) is 2. The van der Waals surface area contributed by atoms with Crippen molar-refractivity contribution in [3.8, 4) is 0 Å². The Balaban J connectivity index is 0. The molecule has 0 radical (unpaired) electrons. The van der Waals surface area contributed by atoms with Gasteiger partial charge in [0.2, 0.25) is 0 Å². The summed E-state index contributed by atoms with van der Waals surface area (Å²) in [4.78, 5) is 4.40. The van der Waals surface area contributed by atoms with Crippen LogP contribution in [0.4, 0.5) is 0 Å². The third kappa shape index (κ3) is 5.20. The fourth-order valence-electron chi connectivity index (χ4n) is 1.32. The number of fused-ring (bicyclic) bond motifs is 1. The maximum atomic E-state index is 4.48. The van der Waals surface area contributed by atoms with Crippen molar-refractivity contribution in [2.45, 2.75) is 26.2 Å². The topological polar surface area (TPSA) is 30.2 Å². The third-order valence-electron chi connectivity index (χ3n) is 2.43. The maximum absolute atomic E-state index is 4.48. The van der Waals surface area contributed by atoms with Gasteiger partial charge in [-0.05, 0) is 35.1 Å². The van der Waals surface area contributed by atoms with Gasteiger partial charge >= 0.3 is 0 Å². The molecule has 0 N–H and O–H groups in total. The summed E-state index contributed by atoms with van der Waals surface area (Å²) >= 11 is 2.21. The SMILES string of the molecule is CCC(C)c1cc2nc(I)ccn2n1.I.I.I. The number of rotatable bonds is 2. The van der Waals surface area contributed by atoms with Crippen molar-refractivity contribution in [3.63, 3.8) is 0 Å². The van der Waals surface area contributed by atoms with Crippen molar-refractivity contribution in [1.29, 1.82) is 0 Å². The Morgan fingerprint density at radius 3 is 2.59 bits per heavy atom. The molecule has 3 nitrogen and oxygen atoms in total. The fourth-order valence-corrected chi connectivity index (χ4v) is 1.73. The van der Waals surface area contributed by atoms with E-state index in [9.17, 15) is 0 Å². The van der Waals surface area contributed by atoms with E-state index in [0.717, 1.165) is 21.5 Å². The predicted molar refractivity (Wildman–Crippen MR) is 111 cm³/mol. The molecule has 17 heavy (non-hydrogen) atoms. The second-order valence-electron chi connectivity index (χ2n) is 3.43. The van der Waals surface area contributed by atoms with Crippen molar-refractivity contribution in [1.82, 2.24) is 14.6 Å². The van der Waals surface area contributed by atoms with Gasteiger partial charge in [0, 0.05) is 18.2 Å². The Labute approximate surface area is 166 Å². The molecular weight excluding hydrogens is 670 g/mol. The Kier molecular flexibility index (Phi) is 11.6. The van der Waals surface area contributed by atoms with Crippen LogP contribution in [0.1, 0.15) is 31.9 Å². The molecule has 1 atom stereocenters. The van der Waals surface area contributed by atoms with Gasteiger partial charge in [-0.3, -0.25) is 0 Å². The highest BCUT2D eigenvalue weighted by Gasteiger charge is 2.08. The molecule has 2 heterocycles. The summed E-state index contributed by atoms with van der Waals surface area (Å²) in [5.41, 5.74) is 2.06. The Morgan fingerprint density at radius 1 is 1.35 bits per heavy atom. The lowest BCUT2D eigenvalue weighted by Crippen LogP contribution is -1.94. The van der Waals surface area contributed by atoms with Gasteiger partial charge in [0.15, 0.2) is 5.65 Å². The van der Waals surface area contributed by atoms with Gasteiger partial charge in [0.25, 0.3) is 0 Å². The highest BCUT2D eigenvalue weighted by molar-refractivity contribution is 14.1. The van der Waals surface area contributed by atoms with Gasteiger partial charge in [-0.15, -0.1) is 71.9 Å². The van der Waals surface area contributed by atoms with E-state index in [-0.39, 0.29) is 71.9 Å². The molecule has 2 aromatic rings. The van der Waals surface area contributed by atoms with Crippen molar-refractivity contribution in [3.05, 3.63) is 27.7 Å². The molecule has 0 aliphatic carbocycles. The van der Waals surface area contributed by atoms with Crippen molar-refractivity contribution >= 4 is 100 Å². The Bertz CT molecular complexity index is 458. The minimum atomic E-state index is 0. The first kappa shape index (κ1) is 20.8. The summed E-state index contributed by atoms with van der Waals surface area (Å²) in [6.07, 6.45) is 3.07. The first-order chi connectivity index (χ1) is 6.70. The predicted octanol–water partition coefficient (Wildman–Crippen LogP) is 4.70. The van der Waals surface area contributed by atoms with Crippen LogP contribution in [0.3, 0.4) is 0 Å². The lowest BCUT2D eigenvalue weighted by atomic mass is 10.1. The quantitative estimate of drug-likeness (QED) is 0.340. The second kappa shape index (κ2) is 9.44. The molecule has 0 saturated carbocycles. The fraction of sp³-hybridized carbons (Fsp3) is 0.400. The minimum Gasteiger partial charge on any atom is -0.223 e. The summed E-state index contributed by atoms with van der Waals surface area (Å²) in [5, 5.41) is 4.48. The van der Waals surface area contributed by atoms with Crippen molar-refractivity contribution < 1.29 is 0 Å². The van der Waals surface area contributed by atoms with Gasteiger partial charge in [-0.2, -0.15) is 5.10 Å². The summed E-state index contributed by atoms with van der Waals surface area (Å²) in [6.45, 7) is 4.36. The molecule has 0 aromatic carbocycles. The molecule has 1 unspecified atom stereocenters. The molecule has 7 heteroatoms. The van der Waals surface area contributed by atoms with Gasteiger partial charge in [-0.25, -0.2) is 9.50 Å². The lowest BCUT2D eigenvalue weighted by molar-refractivity contribution is 0.694. The molecule has 0 aliphatic rings. The highest BCUT2D eigenvalue weighted by Crippen LogP contribution is 2.18. The minimum absolute atomic E-state index is 0. The van der Waals surface area contributed by atoms with Crippen LogP contribution in [0.15, 0.2) is 18.3 Å². The molecule has 0 amide bonds. The van der Waals surface area contributed by atoms with Crippen molar-refractivity contribution in [2.24, 2.45) is 0 Å². The van der Waals surface area contributed by atoms with Crippen LogP contribution in [0.2, 0.25) is 0 Å². The molecule has 0 fully saturated rings. The number of hydrogen-bond donors (Lipinski definition) is 0. The lowest BCUT2D eigenvalue weighted by Gasteiger charge is -2.01. The summed E-state index contributed by atoms with van der Waals surface area (Å²) < 4.78 is 2.84. The third-order valence-corrected chi connectivity index (χ3v) is 3.03. The van der Waals surface area contributed by atoms with Crippen LogP contribution in [0, 0.1) is 3.70 Å². The van der Waals surface area contributed by atoms with Crippen LogP contribution in [-0.4, -0.2) is 14.6 Å². The van der Waals surface area contributed by atoms with E-state index in [2.05, 4.69) is 52.6 Å². The van der Waals surface area contributed by atoms with Crippen LogP contribution in [0.25, 0.3) is 5.65 Å². The van der Waals surface area contributed by atoms with Gasteiger partial charge in [0.1, 0.15) is 3.70 Å². The maximum Gasteiger partial charge on any atom is 0.156 e. The summed E-state index contributed by atoms with van der Waals surface area (Å²) in [6, 6.07) is 4.03. The standard InChI is InChI=1S/C10H12IN3.3HI/c1-3-7(2)8-6-10-12-9(11)4-5-14(10)13-8;;;/h4-7H,3H2,1-2H3;3*1H. The van der Waals surface area contributed by atoms with Crippen molar-refractivity contribution in [2.75, 3.05) is 0 Å². The molecule has 0 aliphatic heterocycles. The van der Waals surface area contributed by atoms with Crippen LogP contribution < -0.4 is 0 Å². The highest BCUT2D eigenvalue weighted by atomic mass is 127. The molecule has 2 rings (SSSR count). The number of halogens is 4. The average Bonchev–Trinajstić information content (AvgIpc) is 2.59. The van der Waals surface area contributed by atoms with E-state index in [1.165, 1.54) is 0 Å². The van der Waals surface area contributed by atoms with E-state index < -0.39 is 0 Å². The van der Waals surface area contributed by atoms with E-state index in [1.807, 2.05) is 16.8 Å². The zero-order chi connectivity index (χ0) is 10.1. The largest absolute Gasteiger partial charge is 0.223 e.